The van der Waals surface area contributed by atoms with Crippen LogP contribution in [0.1, 0.15) is 97.8 Å². The molecule has 0 saturated heterocycles. The average Bonchev–Trinajstić information content (AvgIpc) is 2.50. The Bertz CT molecular complexity index is 237. The van der Waals surface area contributed by atoms with Crippen molar-refractivity contribution in [3.63, 3.8) is 0 Å². The SMILES string of the molecule is CCCC1CCC(C2CCC(C(CC)CC)CC2)CC1. The lowest BCUT2D eigenvalue weighted by atomic mass is 9.66. The van der Waals surface area contributed by atoms with Crippen LogP contribution in [0.15, 0.2) is 0 Å². The first-order valence-corrected chi connectivity index (χ1v) is 9.78. The van der Waals surface area contributed by atoms with Gasteiger partial charge in [-0.05, 0) is 68.1 Å². The van der Waals surface area contributed by atoms with E-state index in [1.54, 1.807) is 51.4 Å². The highest BCUT2D eigenvalue weighted by atomic mass is 14.4. The molecule has 2 aliphatic rings. The van der Waals surface area contributed by atoms with E-state index < -0.39 is 0 Å². The van der Waals surface area contributed by atoms with Crippen molar-refractivity contribution in [3.8, 4) is 0 Å². The molecule has 2 aliphatic carbocycles. The van der Waals surface area contributed by atoms with E-state index in [0.29, 0.717) is 0 Å². The summed E-state index contributed by atoms with van der Waals surface area (Å²) in [5.41, 5.74) is 0. The predicted octanol–water partition coefficient (Wildman–Crippen LogP) is 6.84. The molecule has 2 rings (SSSR count). The maximum atomic E-state index is 2.40. The molecule has 0 radical (unpaired) electrons. The van der Waals surface area contributed by atoms with Gasteiger partial charge < -0.3 is 0 Å². The molecule has 2 fully saturated rings. The van der Waals surface area contributed by atoms with Crippen molar-refractivity contribution in [1.82, 2.24) is 0 Å². The first-order valence-electron chi connectivity index (χ1n) is 9.78. The molecule has 0 atom stereocenters. The van der Waals surface area contributed by atoms with Crippen LogP contribution in [0.3, 0.4) is 0 Å². The third-order valence-electron chi connectivity index (χ3n) is 6.79. The Morgan fingerprint density at radius 1 is 0.700 bits per heavy atom. The van der Waals surface area contributed by atoms with E-state index in [2.05, 4.69) is 20.8 Å². The summed E-state index contributed by atoms with van der Waals surface area (Å²) in [7, 11) is 0. The molecular weight excluding hydrogens is 240 g/mol. The van der Waals surface area contributed by atoms with Gasteiger partial charge in [-0.1, -0.05) is 59.3 Å². The maximum absolute atomic E-state index is 2.40. The monoisotopic (exact) mass is 278 g/mol. The first kappa shape index (κ1) is 16.4. The predicted molar refractivity (Wildman–Crippen MR) is 89.9 cm³/mol. The molecular formula is C20H38. The van der Waals surface area contributed by atoms with Crippen LogP contribution < -0.4 is 0 Å². The minimum absolute atomic E-state index is 1.02. The fourth-order valence-corrected chi connectivity index (χ4v) is 5.40. The molecule has 0 amide bonds. The van der Waals surface area contributed by atoms with Gasteiger partial charge in [-0.15, -0.1) is 0 Å². The molecule has 0 aromatic heterocycles. The summed E-state index contributed by atoms with van der Waals surface area (Å²) in [6, 6.07) is 0. The molecule has 0 unspecified atom stereocenters. The highest BCUT2D eigenvalue weighted by Crippen LogP contribution is 2.44. The summed E-state index contributed by atoms with van der Waals surface area (Å²) >= 11 is 0. The van der Waals surface area contributed by atoms with Crippen LogP contribution in [-0.4, -0.2) is 0 Å². The molecule has 0 heteroatoms. The lowest BCUT2D eigenvalue weighted by molar-refractivity contribution is 0.121. The van der Waals surface area contributed by atoms with E-state index in [9.17, 15) is 0 Å². The number of hydrogen-bond donors (Lipinski definition) is 0. The summed E-state index contributed by atoms with van der Waals surface area (Å²) in [6.07, 6.45) is 18.1. The van der Waals surface area contributed by atoms with Crippen LogP contribution in [0.4, 0.5) is 0 Å². The molecule has 0 N–H and O–H groups in total. The molecule has 118 valence electrons. The molecule has 20 heavy (non-hydrogen) atoms. The van der Waals surface area contributed by atoms with Crippen LogP contribution in [0.5, 0.6) is 0 Å². The Morgan fingerprint density at radius 2 is 1.20 bits per heavy atom. The largest absolute Gasteiger partial charge is 0.0654 e. The van der Waals surface area contributed by atoms with Crippen LogP contribution in [0.25, 0.3) is 0 Å². The Hall–Kier alpha value is 0. The lowest BCUT2D eigenvalue weighted by Crippen LogP contribution is -2.28. The minimum atomic E-state index is 1.02. The van der Waals surface area contributed by atoms with Crippen LogP contribution >= 0.6 is 0 Å². The first-order chi connectivity index (χ1) is 9.78. The van der Waals surface area contributed by atoms with E-state index in [0.717, 1.165) is 29.6 Å². The summed E-state index contributed by atoms with van der Waals surface area (Å²) in [5, 5.41) is 0. The molecule has 0 aliphatic heterocycles. The topological polar surface area (TPSA) is 0 Å². The standard InChI is InChI=1S/C20H38/c1-4-7-16-8-10-19(11-9-16)20-14-12-18(13-15-20)17(5-2)6-3/h16-20H,4-15H2,1-3H3. The molecule has 0 aromatic carbocycles. The van der Waals surface area contributed by atoms with Crippen molar-refractivity contribution in [2.75, 3.05) is 0 Å². The van der Waals surface area contributed by atoms with Gasteiger partial charge >= 0.3 is 0 Å². The number of hydrogen-bond acceptors (Lipinski definition) is 0. The van der Waals surface area contributed by atoms with Crippen LogP contribution in [0.2, 0.25) is 0 Å². The molecule has 2 saturated carbocycles. The quantitative estimate of drug-likeness (QED) is 0.499. The molecule has 0 nitrogen and oxygen atoms in total. The van der Waals surface area contributed by atoms with Gasteiger partial charge in [0.05, 0.1) is 0 Å². The average molecular weight is 279 g/mol. The second-order valence-electron chi connectivity index (χ2n) is 7.82. The highest BCUT2D eigenvalue weighted by Gasteiger charge is 2.32. The van der Waals surface area contributed by atoms with Crippen molar-refractivity contribution >= 4 is 0 Å². The third kappa shape index (κ3) is 4.25. The van der Waals surface area contributed by atoms with Gasteiger partial charge in [0.1, 0.15) is 0 Å². The molecule has 0 bridgehead atoms. The second kappa shape index (κ2) is 8.44. The van der Waals surface area contributed by atoms with E-state index in [4.69, 9.17) is 0 Å². The third-order valence-corrected chi connectivity index (χ3v) is 6.79. The maximum Gasteiger partial charge on any atom is -0.0386 e. The van der Waals surface area contributed by atoms with Gasteiger partial charge in [-0.25, -0.2) is 0 Å². The van der Waals surface area contributed by atoms with Gasteiger partial charge in [-0.3, -0.25) is 0 Å². The van der Waals surface area contributed by atoms with Gasteiger partial charge in [-0.2, -0.15) is 0 Å². The second-order valence-corrected chi connectivity index (χ2v) is 7.82. The smallest absolute Gasteiger partial charge is 0.0386 e. The summed E-state index contributed by atoms with van der Waals surface area (Å²) in [5.74, 6) is 5.38. The van der Waals surface area contributed by atoms with Gasteiger partial charge in [0.15, 0.2) is 0 Å². The van der Waals surface area contributed by atoms with Gasteiger partial charge in [0.25, 0.3) is 0 Å². The Balaban J connectivity index is 1.72. The van der Waals surface area contributed by atoms with Crippen molar-refractivity contribution in [3.05, 3.63) is 0 Å². The minimum Gasteiger partial charge on any atom is -0.0654 e. The van der Waals surface area contributed by atoms with Crippen molar-refractivity contribution < 1.29 is 0 Å². The van der Waals surface area contributed by atoms with Crippen molar-refractivity contribution in [2.45, 2.75) is 97.8 Å². The van der Waals surface area contributed by atoms with Crippen molar-refractivity contribution in [1.29, 1.82) is 0 Å². The fourth-order valence-electron chi connectivity index (χ4n) is 5.40. The fraction of sp³-hybridized carbons (Fsp3) is 1.00. The van der Waals surface area contributed by atoms with E-state index in [-0.39, 0.29) is 0 Å². The normalized spacial score (nSPS) is 35.4. The van der Waals surface area contributed by atoms with Crippen LogP contribution in [0, 0.1) is 29.6 Å². The van der Waals surface area contributed by atoms with Crippen molar-refractivity contribution in [2.24, 2.45) is 29.6 Å². The van der Waals surface area contributed by atoms with E-state index >= 15 is 0 Å². The summed E-state index contributed by atoms with van der Waals surface area (Å²) < 4.78 is 0. The van der Waals surface area contributed by atoms with E-state index in [1.165, 1.54) is 25.7 Å². The lowest BCUT2D eigenvalue weighted by Gasteiger charge is -2.39. The van der Waals surface area contributed by atoms with Crippen LogP contribution in [-0.2, 0) is 0 Å². The van der Waals surface area contributed by atoms with Gasteiger partial charge in [0.2, 0.25) is 0 Å². The van der Waals surface area contributed by atoms with Gasteiger partial charge in [0, 0.05) is 0 Å². The summed E-state index contributed by atoms with van der Waals surface area (Å²) in [6.45, 7) is 7.15. The Kier molecular flexibility index (Phi) is 6.91. The zero-order chi connectivity index (χ0) is 14.4. The highest BCUT2D eigenvalue weighted by molar-refractivity contribution is 4.83. The molecule has 0 aromatic rings. The number of rotatable bonds is 6. The zero-order valence-electron chi connectivity index (χ0n) is 14.4. The molecule has 0 heterocycles. The Labute approximate surface area is 128 Å². The zero-order valence-corrected chi connectivity index (χ0v) is 14.4. The Morgan fingerprint density at radius 3 is 1.65 bits per heavy atom. The molecule has 0 spiro atoms. The summed E-state index contributed by atoms with van der Waals surface area (Å²) in [4.78, 5) is 0. The van der Waals surface area contributed by atoms with E-state index in [1.807, 2.05) is 0 Å².